The first-order valence-electron chi connectivity index (χ1n) is 11.2. The van der Waals surface area contributed by atoms with E-state index in [-0.39, 0.29) is 17.1 Å². The molecule has 3 aromatic heterocycles. The van der Waals surface area contributed by atoms with Crippen LogP contribution in [0.15, 0.2) is 76.8 Å². The van der Waals surface area contributed by atoms with Crippen molar-refractivity contribution in [2.24, 2.45) is 0 Å². The number of carbonyl (C=O) groups excluding carboxylic acids is 1. The Balaban J connectivity index is 1.55. The average molecular weight is 520 g/mol. The van der Waals surface area contributed by atoms with E-state index in [0.29, 0.717) is 38.4 Å². The van der Waals surface area contributed by atoms with Gasteiger partial charge in [-0.1, -0.05) is 61.5 Å². The van der Waals surface area contributed by atoms with E-state index in [2.05, 4.69) is 31.0 Å². The van der Waals surface area contributed by atoms with E-state index in [1.165, 1.54) is 28.7 Å². The molecule has 0 aliphatic rings. The predicted octanol–water partition coefficient (Wildman–Crippen LogP) is 6.81. The number of nitrogens with zero attached hydrogens (tertiary/aromatic N) is 3. The molecule has 0 atom stereocenters. The number of halogens is 1. The second kappa shape index (κ2) is 9.93. The third-order valence-electron chi connectivity index (χ3n) is 5.80. The van der Waals surface area contributed by atoms with Crippen molar-refractivity contribution in [3.05, 3.63) is 98.9 Å². The smallest absolute Gasteiger partial charge is 0.272 e. The van der Waals surface area contributed by atoms with Crippen LogP contribution in [-0.2, 0) is 6.54 Å². The van der Waals surface area contributed by atoms with Crippen LogP contribution in [-0.4, -0.2) is 26.1 Å². The van der Waals surface area contributed by atoms with Gasteiger partial charge in [-0.05, 0) is 53.4 Å². The van der Waals surface area contributed by atoms with E-state index in [4.69, 9.17) is 16.6 Å². The molecular weight excluding hydrogens is 498 g/mol. The molecule has 0 spiro atoms. The van der Waals surface area contributed by atoms with Crippen molar-refractivity contribution in [1.82, 2.24) is 14.5 Å². The zero-order chi connectivity index (χ0) is 24.5. The predicted molar refractivity (Wildman–Crippen MR) is 145 cm³/mol. The number of carbonyl (C=O) groups is 1. The van der Waals surface area contributed by atoms with Gasteiger partial charge in [0.25, 0.3) is 5.56 Å². The van der Waals surface area contributed by atoms with Crippen LogP contribution in [0.4, 0.5) is 0 Å². The summed E-state index contributed by atoms with van der Waals surface area (Å²) in [5.74, 6) is 0.540. The summed E-state index contributed by atoms with van der Waals surface area (Å²) in [4.78, 5) is 36.5. The SMILES string of the molecule is CC(C)c1ccc(Cn2c(SCC(=O)c3ccc(Cl)cc3)nc3c(sc4ncccc43)c2=O)cc1. The van der Waals surface area contributed by atoms with E-state index < -0.39 is 0 Å². The number of fused-ring (bicyclic) bond motifs is 3. The summed E-state index contributed by atoms with van der Waals surface area (Å²) < 4.78 is 2.24. The molecule has 5 rings (SSSR count). The first-order chi connectivity index (χ1) is 16.9. The topological polar surface area (TPSA) is 64.8 Å². The highest BCUT2D eigenvalue weighted by atomic mass is 35.5. The third-order valence-corrected chi connectivity index (χ3v) is 8.12. The van der Waals surface area contributed by atoms with Gasteiger partial charge in [-0.25, -0.2) is 9.97 Å². The number of benzene rings is 2. The molecule has 3 heterocycles. The van der Waals surface area contributed by atoms with Crippen molar-refractivity contribution in [3.8, 4) is 0 Å². The van der Waals surface area contributed by atoms with Crippen LogP contribution in [0.1, 0.15) is 41.3 Å². The number of pyridine rings is 1. The molecule has 35 heavy (non-hydrogen) atoms. The van der Waals surface area contributed by atoms with Gasteiger partial charge in [-0.2, -0.15) is 0 Å². The molecule has 8 heteroatoms. The highest BCUT2D eigenvalue weighted by Crippen LogP contribution is 2.31. The molecule has 176 valence electrons. The molecule has 5 aromatic rings. The number of hydrogen-bond acceptors (Lipinski definition) is 6. The van der Waals surface area contributed by atoms with Gasteiger partial charge < -0.3 is 0 Å². The minimum Gasteiger partial charge on any atom is -0.293 e. The van der Waals surface area contributed by atoms with Crippen LogP contribution in [0.3, 0.4) is 0 Å². The molecule has 0 bridgehead atoms. The maximum absolute atomic E-state index is 13.6. The zero-order valence-electron chi connectivity index (χ0n) is 19.2. The lowest BCUT2D eigenvalue weighted by molar-refractivity contribution is 0.102. The Labute approximate surface area is 215 Å². The Hall–Kier alpha value is -3.00. The lowest BCUT2D eigenvalue weighted by atomic mass is 10.0. The molecule has 0 amide bonds. The normalized spacial score (nSPS) is 11.5. The summed E-state index contributed by atoms with van der Waals surface area (Å²) >= 11 is 8.59. The second-order valence-electron chi connectivity index (χ2n) is 8.54. The highest BCUT2D eigenvalue weighted by molar-refractivity contribution is 7.99. The monoisotopic (exact) mass is 519 g/mol. The van der Waals surface area contributed by atoms with Crippen molar-refractivity contribution in [2.45, 2.75) is 31.5 Å². The molecular formula is C27H22ClN3O2S2. The molecule has 2 aromatic carbocycles. The van der Waals surface area contributed by atoms with E-state index in [1.807, 2.05) is 24.3 Å². The zero-order valence-corrected chi connectivity index (χ0v) is 21.6. The van der Waals surface area contributed by atoms with Crippen LogP contribution in [0, 0.1) is 0 Å². The fourth-order valence-electron chi connectivity index (χ4n) is 3.83. The number of thiophene rings is 1. The van der Waals surface area contributed by atoms with Crippen LogP contribution >= 0.6 is 34.7 Å². The van der Waals surface area contributed by atoms with Gasteiger partial charge in [-0.15, -0.1) is 11.3 Å². The molecule has 0 aliphatic heterocycles. The molecule has 0 N–H and O–H groups in total. The van der Waals surface area contributed by atoms with Gasteiger partial charge in [-0.3, -0.25) is 14.2 Å². The highest BCUT2D eigenvalue weighted by Gasteiger charge is 2.18. The summed E-state index contributed by atoms with van der Waals surface area (Å²) in [5, 5.41) is 1.95. The van der Waals surface area contributed by atoms with Gasteiger partial charge in [0.05, 0.1) is 17.8 Å². The van der Waals surface area contributed by atoms with E-state index in [9.17, 15) is 9.59 Å². The van der Waals surface area contributed by atoms with E-state index in [1.54, 1.807) is 35.0 Å². The molecule has 0 unspecified atom stereocenters. The standard InChI is InChI=1S/C27H22ClN3O2S2/c1-16(2)18-7-5-17(6-8-18)14-31-26(33)24-23(21-4-3-13-29-25(21)35-24)30-27(31)34-15-22(32)19-9-11-20(28)12-10-19/h3-13,16H,14-15H2,1-2H3. The Kier molecular flexibility index (Phi) is 6.73. The largest absolute Gasteiger partial charge is 0.293 e. The summed E-state index contributed by atoms with van der Waals surface area (Å²) in [5.41, 5.74) is 3.34. The Morgan fingerprint density at radius 1 is 1.09 bits per heavy atom. The Bertz CT molecular complexity index is 1590. The van der Waals surface area contributed by atoms with E-state index >= 15 is 0 Å². The van der Waals surface area contributed by atoms with Crippen LogP contribution in [0.25, 0.3) is 20.4 Å². The Morgan fingerprint density at radius 2 is 1.83 bits per heavy atom. The quantitative estimate of drug-likeness (QED) is 0.134. The van der Waals surface area contributed by atoms with Gasteiger partial charge in [0.15, 0.2) is 10.9 Å². The fraction of sp³-hybridized carbons (Fsp3) is 0.185. The molecule has 0 saturated heterocycles. The van der Waals surface area contributed by atoms with E-state index in [0.717, 1.165) is 15.8 Å². The molecule has 0 saturated carbocycles. The molecule has 5 nitrogen and oxygen atoms in total. The number of rotatable bonds is 7. The van der Waals surface area contributed by atoms with Crippen molar-refractivity contribution in [2.75, 3.05) is 5.75 Å². The minimum atomic E-state index is -0.118. The van der Waals surface area contributed by atoms with Crippen molar-refractivity contribution in [3.63, 3.8) is 0 Å². The Morgan fingerprint density at radius 3 is 2.54 bits per heavy atom. The maximum Gasteiger partial charge on any atom is 0.272 e. The van der Waals surface area contributed by atoms with Crippen LogP contribution < -0.4 is 5.56 Å². The first kappa shape index (κ1) is 23.7. The van der Waals surface area contributed by atoms with Gasteiger partial charge in [0, 0.05) is 22.2 Å². The first-order valence-corrected chi connectivity index (χ1v) is 13.4. The summed E-state index contributed by atoms with van der Waals surface area (Å²) in [6.07, 6.45) is 1.72. The van der Waals surface area contributed by atoms with Gasteiger partial charge in [0.2, 0.25) is 0 Å². The number of thioether (sulfide) groups is 1. The molecule has 0 radical (unpaired) electrons. The minimum absolute atomic E-state index is 0.0503. The number of Topliss-reactive ketones (excluding diaryl/α,β-unsaturated/α-hetero) is 1. The lowest BCUT2D eigenvalue weighted by Gasteiger charge is -2.13. The average Bonchev–Trinajstić information content (AvgIpc) is 3.24. The summed E-state index contributed by atoms with van der Waals surface area (Å²) in [6, 6.07) is 18.9. The lowest BCUT2D eigenvalue weighted by Crippen LogP contribution is -2.23. The summed E-state index contributed by atoms with van der Waals surface area (Å²) in [7, 11) is 0. The number of ketones is 1. The van der Waals surface area contributed by atoms with Crippen LogP contribution in [0.2, 0.25) is 5.02 Å². The molecule has 0 fully saturated rings. The van der Waals surface area contributed by atoms with Crippen LogP contribution in [0.5, 0.6) is 0 Å². The maximum atomic E-state index is 13.6. The van der Waals surface area contributed by atoms with Gasteiger partial charge >= 0.3 is 0 Å². The second-order valence-corrected chi connectivity index (χ2v) is 10.9. The van der Waals surface area contributed by atoms with Crippen molar-refractivity contribution >= 4 is 60.9 Å². The van der Waals surface area contributed by atoms with Gasteiger partial charge in [0.1, 0.15) is 9.53 Å². The molecule has 0 aliphatic carbocycles. The van der Waals surface area contributed by atoms with Crippen molar-refractivity contribution in [1.29, 1.82) is 0 Å². The van der Waals surface area contributed by atoms with Crippen molar-refractivity contribution < 1.29 is 4.79 Å². The third kappa shape index (κ3) is 4.89. The number of hydrogen-bond donors (Lipinski definition) is 0. The number of aromatic nitrogens is 3. The summed E-state index contributed by atoms with van der Waals surface area (Å²) in [6.45, 7) is 4.68. The fourth-order valence-corrected chi connectivity index (χ4v) is 5.87.